The molecule has 0 fully saturated rings. The zero-order valence-electron chi connectivity index (χ0n) is 12.8. The topological polar surface area (TPSA) is 53.7 Å². The van der Waals surface area contributed by atoms with E-state index >= 15 is 0 Å². The highest BCUT2D eigenvalue weighted by Crippen LogP contribution is 2.34. The number of hydrogen-bond acceptors (Lipinski definition) is 3. The number of benzene rings is 1. The fourth-order valence-corrected chi connectivity index (χ4v) is 2.76. The monoisotopic (exact) mass is 309 g/mol. The Hall–Kier alpha value is -1.52. The van der Waals surface area contributed by atoms with Crippen LogP contribution in [0.3, 0.4) is 0 Å². The maximum atomic E-state index is 11.3. The molecular formula is C16H20ClNO3. The molecule has 0 aliphatic carbocycles. The Balaban J connectivity index is 2.69. The van der Waals surface area contributed by atoms with Crippen LogP contribution in [0.4, 0.5) is 0 Å². The number of rotatable bonds is 5. The summed E-state index contributed by atoms with van der Waals surface area (Å²) in [6.45, 7) is 10.4. The predicted molar refractivity (Wildman–Crippen MR) is 84.3 cm³/mol. The van der Waals surface area contributed by atoms with E-state index < -0.39 is 5.97 Å². The molecule has 0 spiro atoms. The molecule has 1 aromatic carbocycles. The summed E-state index contributed by atoms with van der Waals surface area (Å²) in [6, 6.07) is 1.79. The third kappa shape index (κ3) is 2.78. The van der Waals surface area contributed by atoms with Crippen molar-refractivity contribution in [3.63, 3.8) is 0 Å². The van der Waals surface area contributed by atoms with Gasteiger partial charge in [-0.1, -0.05) is 25.4 Å². The van der Waals surface area contributed by atoms with E-state index in [2.05, 4.69) is 18.7 Å². The second-order valence-corrected chi connectivity index (χ2v) is 5.57. The smallest absolute Gasteiger partial charge is 0.372 e. The lowest BCUT2D eigenvalue weighted by molar-refractivity contribution is 0.0664. The summed E-state index contributed by atoms with van der Waals surface area (Å²) >= 11 is 6.32. The molecule has 1 N–H and O–H groups in total. The molecule has 0 bridgehead atoms. The van der Waals surface area contributed by atoms with Crippen molar-refractivity contribution in [3.05, 3.63) is 33.5 Å². The number of carbonyl (C=O) groups is 1. The van der Waals surface area contributed by atoms with Crippen molar-refractivity contribution < 1.29 is 14.3 Å². The van der Waals surface area contributed by atoms with Crippen molar-refractivity contribution in [2.24, 2.45) is 0 Å². The minimum Gasteiger partial charge on any atom is -0.475 e. The Morgan fingerprint density at radius 3 is 2.43 bits per heavy atom. The molecule has 0 atom stereocenters. The van der Waals surface area contributed by atoms with E-state index in [9.17, 15) is 9.90 Å². The molecule has 1 heterocycles. The third-order valence-electron chi connectivity index (χ3n) is 4.02. The maximum Gasteiger partial charge on any atom is 0.372 e. The van der Waals surface area contributed by atoms with E-state index in [0.717, 1.165) is 29.6 Å². The van der Waals surface area contributed by atoms with E-state index in [1.165, 1.54) is 0 Å². The van der Waals surface area contributed by atoms with Gasteiger partial charge in [-0.2, -0.15) is 0 Å². The van der Waals surface area contributed by atoms with Crippen molar-refractivity contribution in [1.29, 1.82) is 0 Å². The fourth-order valence-electron chi connectivity index (χ4n) is 2.54. The number of hydrogen-bond donors (Lipinski definition) is 1. The van der Waals surface area contributed by atoms with Gasteiger partial charge < -0.3 is 9.52 Å². The molecule has 4 nitrogen and oxygen atoms in total. The predicted octanol–water partition coefficient (Wildman–Crippen LogP) is 4.24. The summed E-state index contributed by atoms with van der Waals surface area (Å²) in [5.74, 6) is -1.06. The minimum absolute atomic E-state index is 0.00698. The van der Waals surface area contributed by atoms with Crippen molar-refractivity contribution in [3.8, 4) is 0 Å². The van der Waals surface area contributed by atoms with Crippen molar-refractivity contribution in [2.75, 3.05) is 13.1 Å². The standard InChI is InChI=1S/C16H20ClNO3/c1-5-18(6-2)8-12-9(3)13(17)7-11-10(4)14(16(19)20)21-15(11)12/h7H,5-6,8H2,1-4H3,(H,19,20). The van der Waals surface area contributed by atoms with Crippen LogP contribution in [-0.2, 0) is 6.54 Å². The summed E-state index contributed by atoms with van der Waals surface area (Å²) in [4.78, 5) is 13.5. The van der Waals surface area contributed by atoms with Gasteiger partial charge in [-0.3, -0.25) is 4.90 Å². The lowest BCUT2D eigenvalue weighted by atomic mass is 10.0. The molecule has 2 rings (SSSR count). The Kier molecular flexibility index (Phi) is 4.59. The molecule has 21 heavy (non-hydrogen) atoms. The highest BCUT2D eigenvalue weighted by Gasteiger charge is 2.22. The summed E-state index contributed by atoms with van der Waals surface area (Å²) in [5.41, 5.74) is 3.18. The average molecular weight is 310 g/mol. The van der Waals surface area contributed by atoms with Gasteiger partial charge in [0.25, 0.3) is 0 Å². The SMILES string of the molecule is CCN(CC)Cc1c(C)c(Cl)cc2c(C)c(C(=O)O)oc12. The number of fused-ring (bicyclic) bond motifs is 1. The van der Waals surface area contributed by atoms with Gasteiger partial charge >= 0.3 is 5.97 Å². The molecular weight excluding hydrogens is 290 g/mol. The Labute approximate surface area is 129 Å². The molecule has 114 valence electrons. The van der Waals surface area contributed by atoms with Crippen LogP contribution in [0.2, 0.25) is 5.02 Å². The summed E-state index contributed by atoms with van der Waals surface area (Å²) in [5, 5.41) is 10.7. The van der Waals surface area contributed by atoms with Crippen LogP contribution in [0.25, 0.3) is 11.0 Å². The van der Waals surface area contributed by atoms with E-state index in [4.69, 9.17) is 16.0 Å². The quantitative estimate of drug-likeness (QED) is 0.897. The van der Waals surface area contributed by atoms with Gasteiger partial charge in [-0.05, 0) is 38.6 Å². The second-order valence-electron chi connectivity index (χ2n) is 5.16. The van der Waals surface area contributed by atoms with Gasteiger partial charge in [0.2, 0.25) is 5.76 Å². The Morgan fingerprint density at radius 2 is 1.90 bits per heavy atom. The second kappa shape index (κ2) is 6.08. The first kappa shape index (κ1) is 15.9. The van der Waals surface area contributed by atoms with Crippen LogP contribution in [0.15, 0.2) is 10.5 Å². The van der Waals surface area contributed by atoms with Crippen LogP contribution < -0.4 is 0 Å². The third-order valence-corrected chi connectivity index (χ3v) is 4.41. The number of carboxylic acid groups (broad SMARTS) is 1. The molecule has 5 heteroatoms. The highest BCUT2D eigenvalue weighted by molar-refractivity contribution is 6.32. The van der Waals surface area contributed by atoms with Crippen molar-refractivity contribution >= 4 is 28.5 Å². The summed E-state index contributed by atoms with van der Waals surface area (Å²) in [6.07, 6.45) is 0. The summed E-state index contributed by atoms with van der Waals surface area (Å²) in [7, 11) is 0. The Morgan fingerprint density at radius 1 is 1.29 bits per heavy atom. The van der Waals surface area contributed by atoms with Gasteiger partial charge in [-0.25, -0.2) is 4.79 Å². The Bertz CT molecular complexity index is 687. The number of aromatic carboxylic acids is 1. The first-order valence-electron chi connectivity index (χ1n) is 7.07. The number of halogens is 1. The van der Waals surface area contributed by atoms with E-state index in [-0.39, 0.29) is 5.76 Å². The van der Waals surface area contributed by atoms with Crippen LogP contribution in [0.1, 0.15) is 41.1 Å². The van der Waals surface area contributed by atoms with Gasteiger partial charge in [-0.15, -0.1) is 0 Å². The molecule has 0 aliphatic heterocycles. The largest absolute Gasteiger partial charge is 0.475 e. The number of carboxylic acids is 1. The van der Waals surface area contributed by atoms with Crippen molar-refractivity contribution in [2.45, 2.75) is 34.2 Å². The summed E-state index contributed by atoms with van der Waals surface area (Å²) < 4.78 is 5.63. The van der Waals surface area contributed by atoms with Gasteiger partial charge in [0, 0.05) is 28.1 Å². The first-order chi connectivity index (χ1) is 9.90. The van der Waals surface area contributed by atoms with E-state index in [0.29, 0.717) is 22.7 Å². The lowest BCUT2D eigenvalue weighted by Gasteiger charge is -2.20. The molecule has 2 aromatic rings. The minimum atomic E-state index is -1.05. The van der Waals surface area contributed by atoms with E-state index in [1.54, 1.807) is 13.0 Å². The fraction of sp³-hybridized carbons (Fsp3) is 0.438. The van der Waals surface area contributed by atoms with Crippen LogP contribution >= 0.6 is 11.6 Å². The van der Waals surface area contributed by atoms with Gasteiger partial charge in [0.05, 0.1) is 0 Å². The number of furan rings is 1. The number of nitrogens with zero attached hydrogens (tertiary/aromatic N) is 1. The molecule has 0 radical (unpaired) electrons. The highest BCUT2D eigenvalue weighted by atomic mass is 35.5. The zero-order valence-corrected chi connectivity index (χ0v) is 13.5. The zero-order chi connectivity index (χ0) is 15.7. The van der Waals surface area contributed by atoms with Crippen LogP contribution in [0, 0.1) is 13.8 Å². The molecule has 1 aromatic heterocycles. The average Bonchev–Trinajstić information content (AvgIpc) is 2.77. The van der Waals surface area contributed by atoms with Gasteiger partial charge in [0.1, 0.15) is 5.58 Å². The number of aryl methyl sites for hydroxylation is 1. The van der Waals surface area contributed by atoms with Crippen LogP contribution in [0.5, 0.6) is 0 Å². The molecule has 0 amide bonds. The van der Waals surface area contributed by atoms with Crippen LogP contribution in [-0.4, -0.2) is 29.1 Å². The molecule has 0 saturated heterocycles. The molecule has 0 unspecified atom stereocenters. The molecule has 0 saturated carbocycles. The normalized spacial score (nSPS) is 11.5. The maximum absolute atomic E-state index is 11.3. The van der Waals surface area contributed by atoms with Crippen molar-refractivity contribution in [1.82, 2.24) is 4.90 Å². The van der Waals surface area contributed by atoms with E-state index in [1.807, 2.05) is 6.92 Å². The molecule has 0 aliphatic rings. The lowest BCUT2D eigenvalue weighted by Crippen LogP contribution is -2.22. The van der Waals surface area contributed by atoms with Gasteiger partial charge in [0.15, 0.2) is 0 Å². The first-order valence-corrected chi connectivity index (χ1v) is 7.45.